The van der Waals surface area contributed by atoms with E-state index in [1.54, 1.807) is 11.0 Å². The van der Waals surface area contributed by atoms with Gasteiger partial charge in [0, 0.05) is 18.2 Å². The first-order valence-electron chi connectivity index (χ1n) is 10.9. The van der Waals surface area contributed by atoms with Crippen molar-refractivity contribution in [1.82, 2.24) is 0 Å². The number of anilines is 1. The summed E-state index contributed by atoms with van der Waals surface area (Å²) in [5.41, 5.74) is 4.55. The number of carbonyl (C=O) groups excluding carboxylic acids is 1. The van der Waals surface area contributed by atoms with Crippen LogP contribution in [0.3, 0.4) is 0 Å². The zero-order valence-corrected chi connectivity index (χ0v) is 18.6. The molecule has 162 valence electrons. The zero-order chi connectivity index (χ0) is 22.4. The van der Waals surface area contributed by atoms with Gasteiger partial charge < -0.3 is 15.1 Å². The molecule has 3 aromatic carbocycles. The van der Waals surface area contributed by atoms with Gasteiger partial charge in [0.05, 0.1) is 12.1 Å². The molecular weight excluding hydrogens is 386 g/mol. The van der Waals surface area contributed by atoms with E-state index in [1.165, 1.54) is 6.92 Å². The van der Waals surface area contributed by atoms with Gasteiger partial charge in [-0.15, -0.1) is 0 Å². The maximum absolute atomic E-state index is 12.5. The molecule has 1 amide bonds. The fraction of sp³-hybridized carbons (Fsp3) is 0.296. The third kappa shape index (κ3) is 5.26. The Morgan fingerprint density at radius 2 is 1.71 bits per heavy atom. The minimum Gasteiger partial charge on any atom is -0.507 e. The van der Waals surface area contributed by atoms with E-state index in [0.29, 0.717) is 11.1 Å². The Bertz CT molecular complexity index is 1040. The summed E-state index contributed by atoms with van der Waals surface area (Å²) in [7, 11) is 0. The molecule has 4 heteroatoms. The third-order valence-corrected chi connectivity index (χ3v) is 5.60. The molecule has 0 saturated heterocycles. The number of carbonyl (C=O) groups is 1. The first-order chi connectivity index (χ1) is 14.9. The van der Waals surface area contributed by atoms with Gasteiger partial charge in [0.15, 0.2) is 0 Å². The molecule has 0 aromatic heterocycles. The van der Waals surface area contributed by atoms with Crippen molar-refractivity contribution in [3.63, 3.8) is 0 Å². The van der Waals surface area contributed by atoms with Gasteiger partial charge in [0.2, 0.25) is 5.91 Å². The lowest BCUT2D eigenvalue weighted by atomic mass is 9.92. The molecule has 3 aromatic rings. The predicted molar refractivity (Wildman–Crippen MR) is 126 cm³/mol. The smallest absolute Gasteiger partial charge is 0.224 e. The maximum Gasteiger partial charge on any atom is 0.224 e. The molecule has 0 atom stereocenters. The summed E-state index contributed by atoms with van der Waals surface area (Å²) in [6.45, 7) is 5.89. The summed E-state index contributed by atoms with van der Waals surface area (Å²) >= 11 is 0. The second-order valence-corrected chi connectivity index (χ2v) is 8.02. The van der Waals surface area contributed by atoms with Crippen LogP contribution in [-0.4, -0.2) is 16.1 Å². The van der Waals surface area contributed by atoms with E-state index in [1.807, 2.05) is 61.5 Å². The van der Waals surface area contributed by atoms with Crippen molar-refractivity contribution in [2.24, 2.45) is 0 Å². The van der Waals surface area contributed by atoms with Crippen molar-refractivity contribution in [2.45, 2.75) is 53.0 Å². The van der Waals surface area contributed by atoms with Crippen LogP contribution in [-0.2, 0) is 17.8 Å². The number of phenolic OH excluding ortho intramolecular Hbond substituents is 2. The Kier molecular flexibility index (Phi) is 7.35. The van der Waals surface area contributed by atoms with Crippen LogP contribution in [0.1, 0.15) is 49.8 Å². The van der Waals surface area contributed by atoms with Crippen molar-refractivity contribution >= 4 is 11.6 Å². The standard InChI is InChI=1S/C27H31NO3/c1-4-5-7-12-21-17-25(30)26(22-13-10-11-19(2)16-22)27(31)24(21)18-28(20(3)29)23-14-8-6-9-15-23/h6,8-11,13-17,30-31H,4-5,7,12,18H2,1-3H3. The van der Waals surface area contributed by atoms with Gasteiger partial charge in [-0.05, 0) is 49.1 Å². The maximum atomic E-state index is 12.5. The van der Waals surface area contributed by atoms with Gasteiger partial charge in [-0.1, -0.05) is 67.8 Å². The zero-order valence-electron chi connectivity index (χ0n) is 18.6. The van der Waals surface area contributed by atoms with Crippen LogP contribution in [0, 0.1) is 6.92 Å². The molecule has 4 nitrogen and oxygen atoms in total. The summed E-state index contributed by atoms with van der Waals surface area (Å²) in [5.74, 6) is 0.00185. The highest BCUT2D eigenvalue weighted by molar-refractivity contribution is 5.92. The van der Waals surface area contributed by atoms with Gasteiger partial charge in [-0.3, -0.25) is 4.79 Å². The van der Waals surface area contributed by atoms with E-state index < -0.39 is 0 Å². The average molecular weight is 418 g/mol. The van der Waals surface area contributed by atoms with Gasteiger partial charge in [-0.25, -0.2) is 0 Å². The van der Waals surface area contributed by atoms with Crippen molar-refractivity contribution in [3.05, 3.63) is 77.4 Å². The predicted octanol–water partition coefficient (Wildman–Crippen LogP) is 6.36. The molecule has 0 aliphatic carbocycles. The van der Waals surface area contributed by atoms with E-state index in [9.17, 15) is 15.0 Å². The normalized spacial score (nSPS) is 10.8. The largest absolute Gasteiger partial charge is 0.507 e. The highest BCUT2D eigenvalue weighted by Crippen LogP contribution is 2.43. The first-order valence-corrected chi connectivity index (χ1v) is 10.9. The SMILES string of the molecule is CCCCCc1cc(O)c(-c2cccc(C)c2)c(O)c1CN(C(C)=O)c1ccccc1. The van der Waals surface area contributed by atoms with Crippen LogP contribution in [0.25, 0.3) is 11.1 Å². The number of unbranched alkanes of at least 4 members (excludes halogenated alkanes) is 2. The number of hydrogen-bond donors (Lipinski definition) is 2. The Morgan fingerprint density at radius 3 is 2.35 bits per heavy atom. The molecule has 3 rings (SSSR count). The monoisotopic (exact) mass is 417 g/mol. The first kappa shape index (κ1) is 22.4. The minimum atomic E-state index is -0.102. The van der Waals surface area contributed by atoms with E-state index in [0.717, 1.165) is 48.1 Å². The van der Waals surface area contributed by atoms with E-state index >= 15 is 0 Å². The Hall–Kier alpha value is -3.27. The van der Waals surface area contributed by atoms with Gasteiger partial charge in [0.1, 0.15) is 11.5 Å². The lowest BCUT2D eigenvalue weighted by Gasteiger charge is -2.25. The molecule has 31 heavy (non-hydrogen) atoms. The van der Waals surface area contributed by atoms with Crippen molar-refractivity contribution < 1.29 is 15.0 Å². The number of aryl methyl sites for hydroxylation is 2. The minimum absolute atomic E-state index is 0.0410. The average Bonchev–Trinajstić information content (AvgIpc) is 2.74. The topological polar surface area (TPSA) is 60.8 Å². The molecular formula is C27H31NO3. The van der Waals surface area contributed by atoms with Gasteiger partial charge in [-0.2, -0.15) is 0 Å². The summed E-state index contributed by atoms with van der Waals surface area (Å²) in [6.07, 6.45) is 3.84. The molecule has 0 aliphatic heterocycles. The quantitative estimate of drug-likeness (QED) is 0.419. The third-order valence-electron chi connectivity index (χ3n) is 5.60. The Balaban J connectivity index is 2.12. The Morgan fingerprint density at radius 1 is 0.968 bits per heavy atom. The molecule has 0 heterocycles. The second kappa shape index (κ2) is 10.2. The number of benzene rings is 3. The fourth-order valence-corrected chi connectivity index (χ4v) is 3.95. The van der Waals surface area contributed by atoms with Gasteiger partial charge in [0.25, 0.3) is 0 Å². The second-order valence-electron chi connectivity index (χ2n) is 8.02. The molecule has 2 N–H and O–H groups in total. The summed E-state index contributed by atoms with van der Waals surface area (Å²) in [6, 6.07) is 18.9. The summed E-state index contributed by atoms with van der Waals surface area (Å²) in [4.78, 5) is 14.2. The number of rotatable bonds is 8. The van der Waals surface area contributed by atoms with Crippen LogP contribution in [0.2, 0.25) is 0 Å². The number of aromatic hydroxyl groups is 2. The molecule has 0 fully saturated rings. The molecule has 0 unspecified atom stereocenters. The number of para-hydroxylation sites is 1. The highest BCUT2D eigenvalue weighted by Gasteiger charge is 2.22. The molecule has 0 saturated carbocycles. The Labute approximate surface area is 184 Å². The van der Waals surface area contributed by atoms with Crippen LogP contribution in [0.4, 0.5) is 5.69 Å². The summed E-state index contributed by atoms with van der Waals surface area (Å²) in [5, 5.41) is 22.1. The van der Waals surface area contributed by atoms with Crippen molar-refractivity contribution in [3.8, 4) is 22.6 Å². The molecule has 0 spiro atoms. The van der Waals surface area contributed by atoms with Crippen molar-refractivity contribution in [1.29, 1.82) is 0 Å². The van der Waals surface area contributed by atoms with Crippen LogP contribution in [0.15, 0.2) is 60.7 Å². The van der Waals surface area contributed by atoms with Crippen LogP contribution >= 0.6 is 0 Å². The number of amides is 1. The van der Waals surface area contributed by atoms with E-state index in [-0.39, 0.29) is 24.0 Å². The van der Waals surface area contributed by atoms with E-state index in [2.05, 4.69) is 6.92 Å². The lowest BCUT2D eigenvalue weighted by Crippen LogP contribution is -2.28. The number of nitrogens with zero attached hydrogens (tertiary/aromatic N) is 1. The lowest BCUT2D eigenvalue weighted by molar-refractivity contribution is -0.116. The number of hydrogen-bond acceptors (Lipinski definition) is 3. The van der Waals surface area contributed by atoms with Gasteiger partial charge >= 0.3 is 0 Å². The van der Waals surface area contributed by atoms with Crippen LogP contribution < -0.4 is 4.90 Å². The van der Waals surface area contributed by atoms with Crippen molar-refractivity contribution in [2.75, 3.05) is 4.90 Å². The molecule has 0 radical (unpaired) electrons. The van der Waals surface area contributed by atoms with Crippen LogP contribution in [0.5, 0.6) is 11.5 Å². The molecule has 0 bridgehead atoms. The number of phenols is 2. The highest BCUT2D eigenvalue weighted by atomic mass is 16.3. The fourth-order valence-electron chi connectivity index (χ4n) is 3.95. The summed E-state index contributed by atoms with van der Waals surface area (Å²) < 4.78 is 0. The molecule has 0 aliphatic rings. The van der Waals surface area contributed by atoms with E-state index in [4.69, 9.17) is 0 Å².